The highest BCUT2D eigenvalue weighted by Gasteiger charge is 2.11. The molecule has 0 bridgehead atoms. The lowest BCUT2D eigenvalue weighted by atomic mass is 10.1. The Kier molecular flexibility index (Phi) is 3.12. The molecule has 6 heteroatoms. The van der Waals surface area contributed by atoms with Crippen molar-refractivity contribution in [3.8, 4) is 11.7 Å². The molecule has 104 valence electrons. The van der Waals surface area contributed by atoms with Crippen LogP contribution in [0.4, 0.5) is 5.82 Å². The minimum absolute atomic E-state index is 0.0880. The Morgan fingerprint density at radius 2 is 1.86 bits per heavy atom. The molecule has 0 aliphatic rings. The number of nitrogens with zero attached hydrogens (tertiary/aromatic N) is 2. The van der Waals surface area contributed by atoms with Crippen LogP contribution in [0.1, 0.15) is 5.56 Å². The van der Waals surface area contributed by atoms with Gasteiger partial charge in [0.1, 0.15) is 0 Å². The summed E-state index contributed by atoms with van der Waals surface area (Å²) in [6, 6.07) is 9.71. The largest absolute Gasteiger partial charge is 0.504 e. The second kappa shape index (κ2) is 5.09. The van der Waals surface area contributed by atoms with E-state index in [1.165, 1.54) is 18.5 Å². The Balaban J connectivity index is 2.17. The van der Waals surface area contributed by atoms with E-state index in [4.69, 9.17) is 4.42 Å². The van der Waals surface area contributed by atoms with Crippen LogP contribution in [0.2, 0.25) is 0 Å². The molecular formula is C15H10N2O4. The maximum absolute atomic E-state index is 11.7. The molecule has 0 spiro atoms. The summed E-state index contributed by atoms with van der Waals surface area (Å²) in [4.78, 5) is 19.6. The number of pyridine rings is 1. The monoisotopic (exact) mass is 282 g/mol. The Morgan fingerprint density at radius 1 is 1.10 bits per heavy atom. The molecule has 6 nitrogen and oxygen atoms in total. The van der Waals surface area contributed by atoms with Gasteiger partial charge in [-0.3, -0.25) is 0 Å². The molecule has 3 rings (SSSR count). The third-order valence-electron chi connectivity index (χ3n) is 2.94. The third-order valence-corrected chi connectivity index (χ3v) is 2.94. The molecule has 0 aliphatic carbocycles. The van der Waals surface area contributed by atoms with Crippen molar-refractivity contribution in [3.63, 3.8) is 0 Å². The van der Waals surface area contributed by atoms with Crippen molar-refractivity contribution in [1.82, 2.24) is 4.98 Å². The quantitative estimate of drug-likeness (QED) is 0.703. The zero-order chi connectivity index (χ0) is 14.8. The van der Waals surface area contributed by atoms with E-state index in [2.05, 4.69) is 9.98 Å². The lowest BCUT2D eigenvalue weighted by molar-refractivity contribution is 0.312. The molecule has 2 N–H and O–H groups in total. The summed E-state index contributed by atoms with van der Waals surface area (Å²) < 4.78 is 4.77. The van der Waals surface area contributed by atoms with Crippen LogP contribution < -0.4 is 5.63 Å². The summed E-state index contributed by atoms with van der Waals surface area (Å²) in [7, 11) is 0. The predicted molar refractivity (Wildman–Crippen MR) is 77.3 cm³/mol. The highest BCUT2D eigenvalue weighted by molar-refractivity contribution is 6.01. The highest BCUT2D eigenvalue weighted by atomic mass is 16.5. The fourth-order valence-electron chi connectivity index (χ4n) is 1.95. The number of aromatic hydroxyl groups is 2. The van der Waals surface area contributed by atoms with Crippen LogP contribution >= 0.6 is 0 Å². The van der Waals surface area contributed by atoms with Crippen molar-refractivity contribution >= 4 is 22.8 Å². The Labute approximate surface area is 118 Å². The van der Waals surface area contributed by atoms with E-state index >= 15 is 0 Å². The molecular weight excluding hydrogens is 272 g/mol. The van der Waals surface area contributed by atoms with E-state index in [9.17, 15) is 15.0 Å². The molecule has 3 aromatic rings. The maximum atomic E-state index is 11.7. The molecule has 0 atom stereocenters. The van der Waals surface area contributed by atoms with Gasteiger partial charge in [-0.25, -0.2) is 14.8 Å². The van der Waals surface area contributed by atoms with E-state index < -0.39 is 11.6 Å². The van der Waals surface area contributed by atoms with Gasteiger partial charge in [0, 0.05) is 17.8 Å². The van der Waals surface area contributed by atoms with E-state index in [1.807, 2.05) is 0 Å². The second-order valence-electron chi connectivity index (χ2n) is 4.26. The minimum atomic E-state index is -0.624. The number of aliphatic imine (C=N–C) groups is 1. The number of fused-ring (bicyclic) bond motifs is 1. The highest BCUT2D eigenvalue weighted by Crippen LogP contribution is 2.25. The fraction of sp³-hybridized carbons (Fsp3) is 0. The first-order valence-electron chi connectivity index (χ1n) is 6.09. The standard InChI is InChI=1S/C15H10N2O4/c18-12-6-3-7-16-13(12)17-8-11-9-4-1-2-5-10(9)14(19)21-15(11)20/h1-8,18,20H/b17-8+. The van der Waals surface area contributed by atoms with Crippen LogP contribution in [0.3, 0.4) is 0 Å². The number of hydrogen-bond acceptors (Lipinski definition) is 6. The molecule has 0 fully saturated rings. The van der Waals surface area contributed by atoms with Crippen molar-refractivity contribution in [2.45, 2.75) is 0 Å². The lowest BCUT2D eigenvalue weighted by Gasteiger charge is -2.02. The first-order chi connectivity index (χ1) is 10.2. The molecule has 1 aromatic carbocycles. The van der Waals surface area contributed by atoms with Gasteiger partial charge in [-0.05, 0) is 18.2 Å². The van der Waals surface area contributed by atoms with Gasteiger partial charge in [0.05, 0.1) is 10.9 Å². The van der Waals surface area contributed by atoms with Crippen molar-refractivity contribution in [2.24, 2.45) is 4.99 Å². The van der Waals surface area contributed by atoms with Gasteiger partial charge < -0.3 is 14.6 Å². The maximum Gasteiger partial charge on any atom is 0.346 e. The summed E-state index contributed by atoms with van der Waals surface area (Å²) in [6.45, 7) is 0. The van der Waals surface area contributed by atoms with Gasteiger partial charge in [-0.1, -0.05) is 18.2 Å². The third kappa shape index (κ3) is 2.34. The number of benzene rings is 1. The summed E-state index contributed by atoms with van der Waals surface area (Å²) in [6.07, 6.45) is 2.78. The average Bonchev–Trinajstić information content (AvgIpc) is 2.49. The summed E-state index contributed by atoms with van der Waals surface area (Å²) in [5, 5.41) is 20.2. The molecule has 0 amide bonds. The number of aromatic nitrogens is 1. The van der Waals surface area contributed by atoms with E-state index in [-0.39, 0.29) is 17.1 Å². The summed E-state index contributed by atoms with van der Waals surface area (Å²) in [5.41, 5.74) is -0.379. The molecule has 0 saturated heterocycles. The molecule has 0 unspecified atom stereocenters. The van der Waals surface area contributed by atoms with E-state index in [1.54, 1.807) is 30.3 Å². The topological polar surface area (TPSA) is 95.9 Å². The second-order valence-corrected chi connectivity index (χ2v) is 4.26. The van der Waals surface area contributed by atoms with Crippen molar-refractivity contribution in [1.29, 1.82) is 0 Å². The number of rotatable bonds is 2. The van der Waals surface area contributed by atoms with Crippen molar-refractivity contribution in [3.05, 3.63) is 58.6 Å². The molecule has 2 aromatic heterocycles. The zero-order valence-electron chi connectivity index (χ0n) is 10.7. The Bertz CT molecular complexity index is 900. The van der Waals surface area contributed by atoms with Gasteiger partial charge in [-0.2, -0.15) is 0 Å². The van der Waals surface area contributed by atoms with Gasteiger partial charge in [-0.15, -0.1) is 0 Å². The van der Waals surface area contributed by atoms with Crippen molar-refractivity contribution < 1.29 is 14.6 Å². The van der Waals surface area contributed by atoms with Gasteiger partial charge >= 0.3 is 5.63 Å². The molecule has 2 heterocycles. The smallest absolute Gasteiger partial charge is 0.346 e. The predicted octanol–water partition coefficient (Wildman–Crippen LogP) is 2.35. The van der Waals surface area contributed by atoms with Gasteiger partial charge in [0.2, 0.25) is 0 Å². The van der Waals surface area contributed by atoms with Crippen molar-refractivity contribution in [2.75, 3.05) is 0 Å². The molecule has 0 aliphatic heterocycles. The fourth-order valence-corrected chi connectivity index (χ4v) is 1.95. The Hall–Kier alpha value is -3.15. The van der Waals surface area contributed by atoms with E-state index in [0.717, 1.165) is 0 Å². The van der Waals surface area contributed by atoms with Crippen LogP contribution in [0.5, 0.6) is 11.7 Å². The summed E-state index contributed by atoms with van der Waals surface area (Å²) >= 11 is 0. The first-order valence-corrected chi connectivity index (χ1v) is 6.09. The van der Waals surface area contributed by atoms with Gasteiger partial charge in [0.25, 0.3) is 5.95 Å². The van der Waals surface area contributed by atoms with E-state index in [0.29, 0.717) is 10.8 Å². The van der Waals surface area contributed by atoms with Gasteiger partial charge in [0.15, 0.2) is 11.6 Å². The van der Waals surface area contributed by atoms with Crippen LogP contribution in [0.25, 0.3) is 10.8 Å². The summed E-state index contributed by atoms with van der Waals surface area (Å²) in [5.74, 6) is -0.514. The normalized spacial score (nSPS) is 11.2. The van der Waals surface area contributed by atoms with Crippen LogP contribution in [-0.4, -0.2) is 21.4 Å². The average molecular weight is 282 g/mol. The zero-order valence-corrected chi connectivity index (χ0v) is 10.7. The molecule has 21 heavy (non-hydrogen) atoms. The Morgan fingerprint density at radius 3 is 2.62 bits per heavy atom. The number of hydrogen-bond donors (Lipinski definition) is 2. The van der Waals surface area contributed by atoms with Crippen LogP contribution in [0, 0.1) is 0 Å². The minimum Gasteiger partial charge on any atom is -0.504 e. The SMILES string of the molecule is O=c1oc(O)c(/C=N/c2ncccc2O)c2ccccc12. The lowest BCUT2D eigenvalue weighted by Crippen LogP contribution is -2.01. The molecule has 0 radical (unpaired) electrons. The molecule has 0 saturated carbocycles. The van der Waals surface area contributed by atoms with Crippen LogP contribution in [0.15, 0.2) is 56.8 Å². The first kappa shape index (κ1) is 12.9. The van der Waals surface area contributed by atoms with Crippen LogP contribution in [-0.2, 0) is 0 Å².